The van der Waals surface area contributed by atoms with Crippen LogP contribution in [-0.2, 0) is 28.7 Å². The van der Waals surface area contributed by atoms with E-state index in [0.29, 0.717) is 18.5 Å². The third-order valence-electron chi connectivity index (χ3n) is 8.34. The van der Waals surface area contributed by atoms with Gasteiger partial charge in [-0.1, -0.05) is 54.6 Å². The summed E-state index contributed by atoms with van der Waals surface area (Å²) in [5.41, 5.74) is -0.704. The molecule has 0 saturated carbocycles. The second kappa shape index (κ2) is 11.2. The maximum atomic E-state index is 14.1. The molecule has 1 aromatic carbocycles. The predicted molar refractivity (Wildman–Crippen MR) is 144 cm³/mol. The van der Waals surface area contributed by atoms with Gasteiger partial charge in [-0.25, -0.2) is 0 Å². The second-order valence-corrected chi connectivity index (χ2v) is 11.2. The molecule has 40 heavy (non-hydrogen) atoms. The molecule has 2 N–H and O–H groups in total. The summed E-state index contributed by atoms with van der Waals surface area (Å²) in [5, 5.41) is 12.7. The van der Waals surface area contributed by atoms with Crippen LogP contribution >= 0.6 is 0 Å². The SMILES string of the molecule is CC(C)N1CC=C[C@@]23O[C@H]4/C=C\CCC(=O)N[C@@H](C)[C@H](c5ccccc5)OC(=O)[C@H]4[C@@H]2C(=O)N(CCO)[C@H]3C1=O. The molecule has 0 aliphatic carbocycles. The molecular weight excluding hydrogens is 514 g/mol. The Bertz CT molecular complexity index is 1210. The standard InChI is InChI=1S/C30H37N3O7/c1-18(2)32-15-9-14-30-24(27(36)33(16-17-34)26(30)28(32)37)23-21(40-30)12-7-8-13-22(35)31-19(3)25(39-29(23)38)20-10-5-4-6-11-20/h4-7,9-12,14,18-19,21,23-26,34H,8,13,15-17H2,1-3H3,(H,31,35)/b12-7-/t19-,21-,23+,24+,25+,26-,30+/m0/s1. The van der Waals surface area contributed by atoms with Crippen molar-refractivity contribution in [2.75, 3.05) is 19.7 Å². The van der Waals surface area contributed by atoms with E-state index in [9.17, 15) is 24.3 Å². The van der Waals surface area contributed by atoms with Crippen LogP contribution in [0.1, 0.15) is 45.3 Å². The van der Waals surface area contributed by atoms with Crippen LogP contribution in [0.5, 0.6) is 0 Å². The lowest BCUT2D eigenvalue weighted by atomic mass is 9.77. The predicted octanol–water partition coefficient (Wildman–Crippen LogP) is 1.51. The first kappa shape index (κ1) is 28.0. The number of aliphatic hydroxyl groups excluding tert-OH is 1. The van der Waals surface area contributed by atoms with Gasteiger partial charge in [0.1, 0.15) is 23.7 Å². The zero-order valence-electron chi connectivity index (χ0n) is 23.1. The van der Waals surface area contributed by atoms with E-state index < -0.39 is 53.6 Å². The van der Waals surface area contributed by atoms with Crippen molar-refractivity contribution in [3.63, 3.8) is 0 Å². The number of carbonyl (C=O) groups is 4. The van der Waals surface area contributed by atoms with Crippen LogP contribution in [0.3, 0.4) is 0 Å². The molecule has 0 unspecified atom stereocenters. The number of rotatable bonds is 4. The summed E-state index contributed by atoms with van der Waals surface area (Å²) in [6.45, 7) is 5.52. The molecule has 0 radical (unpaired) electrons. The molecule has 4 heterocycles. The number of carbonyl (C=O) groups excluding carboxylic acids is 4. The normalized spacial score (nSPS) is 35.2. The van der Waals surface area contributed by atoms with E-state index in [1.54, 1.807) is 30.1 Å². The van der Waals surface area contributed by atoms with Gasteiger partial charge in [-0.3, -0.25) is 19.2 Å². The lowest BCUT2D eigenvalue weighted by Crippen LogP contribution is -2.56. The fourth-order valence-corrected chi connectivity index (χ4v) is 6.53. The summed E-state index contributed by atoms with van der Waals surface area (Å²) in [6, 6.07) is 7.45. The lowest BCUT2D eigenvalue weighted by molar-refractivity contribution is -0.161. The van der Waals surface area contributed by atoms with Crippen LogP contribution in [0.2, 0.25) is 0 Å². The van der Waals surface area contributed by atoms with Crippen LogP contribution in [-0.4, -0.2) is 88.1 Å². The van der Waals surface area contributed by atoms with E-state index >= 15 is 0 Å². The zero-order chi connectivity index (χ0) is 28.6. The monoisotopic (exact) mass is 551 g/mol. The van der Waals surface area contributed by atoms with Crippen LogP contribution in [0.4, 0.5) is 0 Å². The zero-order valence-corrected chi connectivity index (χ0v) is 23.1. The Morgan fingerprint density at radius 2 is 1.85 bits per heavy atom. The number of hydrogen-bond donors (Lipinski definition) is 2. The summed E-state index contributed by atoms with van der Waals surface area (Å²) >= 11 is 0. The van der Waals surface area contributed by atoms with Crippen molar-refractivity contribution >= 4 is 23.7 Å². The molecule has 10 heteroatoms. The third kappa shape index (κ3) is 4.73. The highest BCUT2D eigenvalue weighted by Gasteiger charge is 2.71. The van der Waals surface area contributed by atoms with Gasteiger partial charge in [0.15, 0.2) is 0 Å². The Balaban J connectivity index is 1.60. The van der Waals surface area contributed by atoms with E-state index in [0.717, 1.165) is 0 Å². The minimum Gasteiger partial charge on any atom is -0.455 e. The summed E-state index contributed by atoms with van der Waals surface area (Å²) < 4.78 is 12.7. The number of β-amino-alcohol motifs (C(OH)–C–C–N with tert-alkyl or cyclic N) is 1. The van der Waals surface area contributed by atoms with Crippen molar-refractivity contribution < 1.29 is 33.8 Å². The van der Waals surface area contributed by atoms with Gasteiger partial charge in [0.25, 0.3) is 0 Å². The van der Waals surface area contributed by atoms with E-state index in [1.165, 1.54) is 4.90 Å². The summed E-state index contributed by atoms with van der Waals surface area (Å²) in [4.78, 5) is 57.7. The highest BCUT2D eigenvalue weighted by atomic mass is 16.6. The van der Waals surface area contributed by atoms with E-state index in [2.05, 4.69) is 5.32 Å². The molecule has 10 nitrogen and oxygen atoms in total. The topological polar surface area (TPSA) is 125 Å². The fraction of sp³-hybridized carbons (Fsp3) is 0.533. The van der Waals surface area contributed by atoms with Gasteiger partial charge >= 0.3 is 5.97 Å². The minimum absolute atomic E-state index is 0.0609. The summed E-state index contributed by atoms with van der Waals surface area (Å²) in [6.07, 6.45) is 6.05. The Kier molecular flexibility index (Phi) is 7.83. The van der Waals surface area contributed by atoms with Crippen molar-refractivity contribution in [1.82, 2.24) is 15.1 Å². The third-order valence-corrected chi connectivity index (χ3v) is 8.34. The lowest BCUT2D eigenvalue weighted by Gasteiger charge is -2.36. The second-order valence-electron chi connectivity index (χ2n) is 11.2. The molecule has 2 saturated heterocycles. The molecule has 214 valence electrons. The molecular formula is C30H37N3O7. The number of cyclic esters (lactones) is 1. The van der Waals surface area contributed by atoms with E-state index in [4.69, 9.17) is 9.47 Å². The first-order chi connectivity index (χ1) is 19.2. The van der Waals surface area contributed by atoms with Gasteiger partial charge in [-0.05, 0) is 32.8 Å². The number of ether oxygens (including phenoxy) is 2. The van der Waals surface area contributed by atoms with Gasteiger partial charge < -0.3 is 29.7 Å². The van der Waals surface area contributed by atoms with Crippen LogP contribution in [0.15, 0.2) is 54.6 Å². The molecule has 1 spiro atoms. The molecule has 7 atom stereocenters. The number of hydrogen-bond acceptors (Lipinski definition) is 7. The number of likely N-dealkylation sites (tertiary alicyclic amines) is 1. The largest absolute Gasteiger partial charge is 0.455 e. The quantitative estimate of drug-likeness (QED) is 0.429. The molecule has 3 amide bonds. The van der Waals surface area contributed by atoms with Crippen molar-refractivity contribution in [3.05, 3.63) is 60.2 Å². The number of esters is 1. The average Bonchev–Trinajstić information content (AvgIpc) is 3.29. The fourth-order valence-electron chi connectivity index (χ4n) is 6.53. The van der Waals surface area contributed by atoms with Crippen LogP contribution < -0.4 is 5.32 Å². The highest BCUT2D eigenvalue weighted by molar-refractivity contribution is 5.99. The first-order valence-electron chi connectivity index (χ1n) is 14.0. The number of benzene rings is 1. The van der Waals surface area contributed by atoms with E-state index in [1.807, 2.05) is 50.3 Å². The molecule has 5 rings (SSSR count). The Morgan fingerprint density at radius 1 is 1.10 bits per heavy atom. The molecule has 2 fully saturated rings. The van der Waals surface area contributed by atoms with Crippen molar-refractivity contribution in [3.8, 4) is 0 Å². The van der Waals surface area contributed by atoms with Gasteiger partial charge in [-0.15, -0.1) is 0 Å². The molecule has 1 aromatic rings. The Morgan fingerprint density at radius 3 is 2.55 bits per heavy atom. The number of aliphatic hydroxyl groups is 1. The van der Waals surface area contributed by atoms with Crippen molar-refractivity contribution in [1.29, 1.82) is 0 Å². The number of fused-ring (bicyclic) bond motifs is 2. The maximum absolute atomic E-state index is 14.1. The first-order valence-corrected chi connectivity index (χ1v) is 14.0. The minimum atomic E-state index is -1.41. The number of amides is 3. The molecule has 0 bridgehead atoms. The number of nitrogens with zero attached hydrogens (tertiary/aromatic N) is 2. The molecule has 0 aromatic heterocycles. The van der Waals surface area contributed by atoms with Gasteiger partial charge in [0, 0.05) is 25.6 Å². The molecule has 4 aliphatic heterocycles. The highest BCUT2D eigenvalue weighted by Crippen LogP contribution is 2.53. The Labute approximate surface area is 234 Å². The van der Waals surface area contributed by atoms with E-state index in [-0.39, 0.29) is 37.4 Å². The van der Waals surface area contributed by atoms with Crippen LogP contribution in [0.25, 0.3) is 0 Å². The van der Waals surface area contributed by atoms with Crippen molar-refractivity contribution in [2.45, 2.75) is 69.5 Å². The summed E-state index contributed by atoms with van der Waals surface area (Å²) in [7, 11) is 0. The smallest absolute Gasteiger partial charge is 0.313 e. The Hall–Kier alpha value is -3.50. The van der Waals surface area contributed by atoms with Gasteiger partial charge in [0.2, 0.25) is 17.7 Å². The van der Waals surface area contributed by atoms with Crippen LogP contribution in [0, 0.1) is 11.8 Å². The van der Waals surface area contributed by atoms with Gasteiger partial charge in [-0.2, -0.15) is 0 Å². The average molecular weight is 552 g/mol. The molecule has 4 aliphatic rings. The number of nitrogens with one attached hydrogen (secondary N) is 1. The van der Waals surface area contributed by atoms with Crippen molar-refractivity contribution in [2.24, 2.45) is 11.8 Å². The maximum Gasteiger partial charge on any atom is 0.313 e. The van der Waals surface area contributed by atoms with Gasteiger partial charge in [0.05, 0.1) is 24.7 Å². The summed E-state index contributed by atoms with van der Waals surface area (Å²) in [5.74, 6) is -3.59. The number of allylic oxidation sites excluding steroid dienone is 1.